The van der Waals surface area contributed by atoms with E-state index in [1.807, 2.05) is 0 Å². The molecular formula is C19H13ClFN3O2. The van der Waals surface area contributed by atoms with Crippen LogP contribution in [0.15, 0.2) is 65.7 Å². The molecule has 0 spiro atoms. The largest absolute Gasteiger partial charge is 0.507 e. The van der Waals surface area contributed by atoms with Crippen LogP contribution in [0.2, 0.25) is 5.02 Å². The zero-order valence-electron chi connectivity index (χ0n) is 13.4. The maximum Gasteiger partial charge on any atom is 0.167 e. The highest BCUT2D eigenvalue weighted by molar-refractivity contribution is 6.31. The Bertz CT molecular complexity index is 1040. The van der Waals surface area contributed by atoms with Crippen molar-refractivity contribution in [2.75, 3.05) is 0 Å². The summed E-state index contributed by atoms with van der Waals surface area (Å²) in [6.45, 7) is 0.282. The molecule has 2 aromatic carbocycles. The van der Waals surface area contributed by atoms with Crippen LogP contribution in [-0.4, -0.2) is 19.8 Å². The third-order valence-electron chi connectivity index (χ3n) is 4.02. The zero-order chi connectivity index (χ0) is 18.1. The van der Waals surface area contributed by atoms with Gasteiger partial charge >= 0.3 is 0 Å². The Kier molecular flexibility index (Phi) is 4.18. The van der Waals surface area contributed by atoms with Gasteiger partial charge in [-0.3, -0.25) is 0 Å². The minimum absolute atomic E-state index is 0.0900. The molecule has 7 heteroatoms. The molecule has 4 aromatic rings. The smallest absolute Gasteiger partial charge is 0.167 e. The molecule has 0 aliphatic heterocycles. The van der Waals surface area contributed by atoms with Crippen LogP contribution in [0.3, 0.4) is 0 Å². The summed E-state index contributed by atoms with van der Waals surface area (Å²) in [7, 11) is 0. The van der Waals surface area contributed by atoms with Crippen LogP contribution in [0.5, 0.6) is 5.75 Å². The van der Waals surface area contributed by atoms with Gasteiger partial charge in [0.15, 0.2) is 5.76 Å². The van der Waals surface area contributed by atoms with Gasteiger partial charge in [0.05, 0.1) is 12.9 Å². The Hall–Kier alpha value is -3.12. The first-order valence-corrected chi connectivity index (χ1v) is 8.19. The van der Waals surface area contributed by atoms with E-state index in [9.17, 15) is 9.50 Å². The molecule has 0 saturated heterocycles. The number of aromatic nitrogens is 3. The van der Waals surface area contributed by atoms with E-state index in [0.29, 0.717) is 28.1 Å². The third-order valence-corrected chi connectivity index (χ3v) is 4.35. The van der Waals surface area contributed by atoms with Crippen molar-refractivity contribution in [3.8, 4) is 28.3 Å². The van der Waals surface area contributed by atoms with Gasteiger partial charge in [-0.2, -0.15) is 0 Å². The molecule has 1 N–H and O–H groups in total. The Morgan fingerprint density at radius 1 is 1.19 bits per heavy atom. The SMILES string of the molecule is Oc1ccccc1-c1cc(-c2cc(F)c(Cn3ccnc3)c(Cl)c2)on1. The maximum atomic E-state index is 14.6. The van der Waals surface area contributed by atoms with Crippen LogP contribution < -0.4 is 0 Å². The highest BCUT2D eigenvalue weighted by atomic mass is 35.5. The first-order chi connectivity index (χ1) is 12.6. The molecule has 0 radical (unpaired) electrons. The molecule has 2 heterocycles. The van der Waals surface area contributed by atoms with E-state index in [-0.39, 0.29) is 17.3 Å². The van der Waals surface area contributed by atoms with Crippen LogP contribution in [0.4, 0.5) is 4.39 Å². The molecule has 130 valence electrons. The van der Waals surface area contributed by atoms with Crippen molar-refractivity contribution >= 4 is 11.6 Å². The minimum atomic E-state index is -0.443. The van der Waals surface area contributed by atoms with Crippen molar-refractivity contribution in [3.63, 3.8) is 0 Å². The van der Waals surface area contributed by atoms with Crippen LogP contribution in [0.25, 0.3) is 22.6 Å². The summed E-state index contributed by atoms with van der Waals surface area (Å²) in [4.78, 5) is 3.94. The number of hydrogen-bond donors (Lipinski definition) is 1. The second-order valence-corrected chi connectivity index (χ2v) is 6.15. The summed E-state index contributed by atoms with van der Waals surface area (Å²) in [5.41, 5.74) is 1.83. The van der Waals surface area contributed by atoms with Crippen LogP contribution in [0.1, 0.15) is 5.56 Å². The lowest BCUT2D eigenvalue weighted by molar-refractivity contribution is 0.433. The van der Waals surface area contributed by atoms with Crippen molar-refractivity contribution in [1.82, 2.24) is 14.7 Å². The molecule has 0 fully saturated rings. The molecule has 2 aromatic heterocycles. The zero-order valence-corrected chi connectivity index (χ0v) is 14.2. The topological polar surface area (TPSA) is 64.1 Å². The van der Waals surface area contributed by atoms with Crippen LogP contribution in [-0.2, 0) is 6.54 Å². The first-order valence-electron chi connectivity index (χ1n) is 7.81. The number of phenolic OH excluding ortho intramolecular Hbond substituents is 1. The Balaban J connectivity index is 1.68. The highest BCUT2D eigenvalue weighted by Crippen LogP contribution is 2.33. The Morgan fingerprint density at radius 2 is 2.04 bits per heavy atom. The molecule has 0 aliphatic rings. The van der Waals surface area contributed by atoms with Gasteiger partial charge in [-0.05, 0) is 24.3 Å². The van der Waals surface area contributed by atoms with Gasteiger partial charge in [0.2, 0.25) is 0 Å². The molecule has 0 unspecified atom stereocenters. The summed E-state index contributed by atoms with van der Waals surface area (Å²) >= 11 is 6.27. The number of imidazole rings is 1. The van der Waals surface area contributed by atoms with Gasteiger partial charge < -0.3 is 14.2 Å². The number of aromatic hydroxyl groups is 1. The molecule has 0 bridgehead atoms. The van der Waals surface area contributed by atoms with Gasteiger partial charge in [0.1, 0.15) is 17.3 Å². The average molecular weight is 370 g/mol. The molecule has 0 aliphatic carbocycles. The summed E-state index contributed by atoms with van der Waals surface area (Å²) < 4.78 is 21.6. The van der Waals surface area contributed by atoms with E-state index >= 15 is 0 Å². The molecule has 5 nitrogen and oxygen atoms in total. The monoisotopic (exact) mass is 369 g/mol. The summed E-state index contributed by atoms with van der Waals surface area (Å²) in [6, 6.07) is 11.4. The molecule has 0 amide bonds. The molecule has 4 rings (SSSR count). The van der Waals surface area contributed by atoms with E-state index in [2.05, 4.69) is 10.1 Å². The van der Waals surface area contributed by atoms with Gasteiger partial charge in [-0.25, -0.2) is 9.37 Å². The minimum Gasteiger partial charge on any atom is -0.507 e. The van der Waals surface area contributed by atoms with Crippen LogP contribution in [0, 0.1) is 5.82 Å². The fourth-order valence-electron chi connectivity index (χ4n) is 2.69. The lowest BCUT2D eigenvalue weighted by atomic mass is 10.1. The van der Waals surface area contributed by atoms with Gasteiger partial charge in [-0.15, -0.1) is 0 Å². The van der Waals surface area contributed by atoms with Crippen molar-refractivity contribution in [2.45, 2.75) is 6.54 Å². The number of halogens is 2. The Morgan fingerprint density at radius 3 is 2.77 bits per heavy atom. The number of para-hydroxylation sites is 1. The number of hydrogen-bond acceptors (Lipinski definition) is 4. The quantitative estimate of drug-likeness (QED) is 0.563. The predicted octanol–water partition coefficient (Wildman–Crippen LogP) is 4.75. The summed E-state index contributed by atoms with van der Waals surface area (Å²) in [5.74, 6) is 0.00665. The third kappa shape index (κ3) is 3.07. The van der Waals surface area contributed by atoms with Crippen molar-refractivity contribution < 1.29 is 14.0 Å². The fraction of sp³-hybridized carbons (Fsp3) is 0.0526. The lowest BCUT2D eigenvalue weighted by Crippen LogP contribution is -2.01. The number of nitrogens with zero attached hydrogens (tertiary/aromatic N) is 3. The second kappa shape index (κ2) is 6.65. The van der Waals surface area contributed by atoms with Crippen molar-refractivity contribution in [1.29, 1.82) is 0 Å². The van der Waals surface area contributed by atoms with E-state index in [0.717, 1.165) is 0 Å². The van der Waals surface area contributed by atoms with E-state index in [1.54, 1.807) is 59.7 Å². The van der Waals surface area contributed by atoms with Crippen molar-refractivity contribution in [3.05, 3.63) is 77.6 Å². The van der Waals surface area contributed by atoms with E-state index in [4.69, 9.17) is 16.1 Å². The normalized spacial score (nSPS) is 11.0. The summed E-state index contributed by atoms with van der Waals surface area (Å²) in [6.07, 6.45) is 4.95. The number of benzene rings is 2. The fourth-order valence-corrected chi connectivity index (χ4v) is 2.96. The molecule has 26 heavy (non-hydrogen) atoms. The highest BCUT2D eigenvalue weighted by Gasteiger charge is 2.16. The Labute approximate surface area is 153 Å². The first kappa shape index (κ1) is 16.4. The van der Waals surface area contributed by atoms with Gasteiger partial charge in [0, 0.05) is 40.2 Å². The number of rotatable bonds is 4. The number of phenols is 1. The van der Waals surface area contributed by atoms with Crippen LogP contribution >= 0.6 is 11.6 Å². The van der Waals surface area contributed by atoms with Gasteiger partial charge in [-0.1, -0.05) is 28.9 Å². The molecule has 0 saturated carbocycles. The van der Waals surface area contributed by atoms with E-state index in [1.165, 1.54) is 6.07 Å². The molecule has 0 atom stereocenters. The average Bonchev–Trinajstić information content (AvgIpc) is 3.30. The van der Waals surface area contributed by atoms with E-state index < -0.39 is 5.82 Å². The predicted molar refractivity (Wildman–Crippen MR) is 95.3 cm³/mol. The summed E-state index contributed by atoms with van der Waals surface area (Å²) in [5, 5.41) is 14.2. The van der Waals surface area contributed by atoms with Gasteiger partial charge in [0.25, 0.3) is 0 Å². The molecular weight excluding hydrogens is 357 g/mol. The maximum absolute atomic E-state index is 14.6. The van der Waals surface area contributed by atoms with Crippen molar-refractivity contribution in [2.24, 2.45) is 0 Å². The standard InChI is InChI=1S/C19H13ClFN3O2/c20-15-7-12(8-16(21)14(15)10-24-6-5-22-11-24)19-9-17(23-26-19)13-3-1-2-4-18(13)25/h1-9,11,25H,10H2. The second-order valence-electron chi connectivity index (χ2n) is 5.75. The lowest BCUT2D eigenvalue weighted by Gasteiger charge is -2.08.